The minimum absolute atomic E-state index is 0.530. The van der Waals surface area contributed by atoms with Gasteiger partial charge in [-0.05, 0) is 52.4 Å². The second-order valence-corrected chi connectivity index (χ2v) is 5.80. The van der Waals surface area contributed by atoms with Gasteiger partial charge in [-0.1, -0.05) is 26.7 Å². The Balaban J connectivity index is 3.24. The lowest BCUT2D eigenvalue weighted by atomic mass is 10.1. The first-order valence-electron chi connectivity index (χ1n) is 7.47. The fraction of sp³-hybridized carbons (Fsp3) is 1.00. The Bertz CT molecular complexity index is 174. The zero-order valence-electron chi connectivity index (χ0n) is 13.2. The average molecular weight is 258 g/mol. The molecule has 0 aliphatic carbocycles. The van der Waals surface area contributed by atoms with Crippen LogP contribution in [0.25, 0.3) is 0 Å². The number of hydrogen-bond donors (Lipinski definition) is 1. The fourth-order valence-electron chi connectivity index (χ4n) is 1.94. The molecule has 1 unspecified atom stereocenters. The Kier molecular flexibility index (Phi) is 11.9. The van der Waals surface area contributed by atoms with Crippen LogP contribution in [0, 0.1) is 5.92 Å². The first-order chi connectivity index (χ1) is 8.57. The highest BCUT2D eigenvalue weighted by Gasteiger charge is 2.07. The van der Waals surface area contributed by atoms with E-state index in [0.717, 1.165) is 19.1 Å². The minimum Gasteiger partial charge on any atom is -0.383 e. The van der Waals surface area contributed by atoms with Crippen LogP contribution in [0.3, 0.4) is 0 Å². The van der Waals surface area contributed by atoms with E-state index in [1.165, 1.54) is 38.8 Å². The van der Waals surface area contributed by atoms with Crippen molar-refractivity contribution in [3.63, 3.8) is 0 Å². The summed E-state index contributed by atoms with van der Waals surface area (Å²) in [5.74, 6) is 0.765. The standard InChI is InChI=1S/C15H34N2O/c1-14(2)12-16-10-8-6-7-9-11-17(4)15(3)13-18-5/h14-16H,6-13H2,1-5H3. The first kappa shape index (κ1) is 17.9. The summed E-state index contributed by atoms with van der Waals surface area (Å²) < 4.78 is 5.17. The zero-order valence-corrected chi connectivity index (χ0v) is 13.2. The number of methoxy groups -OCH3 is 1. The first-order valence-corrected chi connectivity index (χ1v) is 7.47. The largest absolute Gasteiger partial charge is 0.383 e. The third-order valence-electron chi connectivity index (χ3n) is 3.33. The normalized spacial score (nSPS) is 13.5. The van der Waals surface area contributed by atoms with Crippen molar-refractivity contribution in [2.45, 2.75) is 52.5 Å². The smallest absolute Gasteiger partial charge is 0.0615 e. The molecule has 0 bridgehead atoms. The molecule has 0 heterocycles. The van der Waals surface area contributed by atoms with Crippen molar-refractivity contribution in [1.29, 1.82) is 0 Å². The van der Waals surface area contributed by atoms with Crippen molar-refractivity contribution in [3.05, 3.63) is 0 Å². The summed E-state index contributed by atoms with van der Waals surface area (Å²) in [6.07, 6.45) is 5.30. The van der Waals surface area contributed by atoms with E-state index in [-0.39, 0.29) is 0 Å². The van der Waals surface area contributed by atoms with Gasteiger partial charge in [0.05, 0.1) is 6.61 Å². The molecule has 18 heavy (non-hydrogen) atoms. The van der Waals surface area contributed by atoms with Crippen LogP contribution in [0.5, 0.6) is 0 Å². The summed E-state index contributed by atoms with van der Waals surface area (Å²) >= 11 is 0. The van der Waals surface area contributed by atoms with E-state index in [9.17, 15) is 0 Å². The predicted octanol–water partition coefficient (Wildman–Crippen LogP) is 2.76. The third kappa shape index (κ3) is 11.0. The molecular weight excluding hydrogens is 224 g/mol. The fourth-order valence-corrected chi connectivity index (χ4v) is 1.94. The molecule has 0 aliphatic rings. The number of ether oxygens (including phenoxy) is 1. The van der Waals surface area contributed by atoms with Gasteiger partial charge in [0.15, 0.2) is 0 Å². The topological polar surface area (TPSA) is 24.5 Å². The molecule has 0 saturated heterocycles. The molecule has 0 aliphatic heterocycles. The lowest BCUT2D eigenvalue weighted by Gasteiger charge is -2.23. The molecule has 3 heteroatoms. The third-order valence-corrected chi connectivity index (χ3v) is 3.33. The molecule has 1 atom stereocenters. The summed E-state index contributed by atoms with van der Waals surface area (Å²) in [4.78, 5) is 2.39. The minimum atomic E-state index is 0.530. The molecule has 0 amide bonds. The van der Waals surface area contributed by atoms with Gasteiger partial charge in [0.25, 0.3) is 0 Å². The number of unbranched alkanes of at least 4 members (excludes halogenated alkanes) is 3. The van der Waals surface area contributed by atoms with Gasteiger partial charge < -0.3 is 15.0 Å². The van der Waals surface area contributed by atoms with Gasteiger partial charge in [-0.25, -0.2) is 0 Å². The number of nitrogens with zero attached hydrogens (tertiary/aromatic N) is 1. The van der Waals surface area contributed by atoms with Crippen molar-refractivity contribution in [2.75, 3.05) is 40.4 Å². The van der Waals surface area contributed by atoms with E-state index < -0.39 is 0 Å². The lowest BCUT2D eigenvalue weighted by molar-refractivity contribution is 0.114. The summed E-state index contributed by atoms with van der Waals surface area (Å²) in [5, 5.41) is 3.49. The van der Waals surface area contributed by atoms with Crippen LogP contribution in [0.1, 0.15) is 46.5 Å². The zero-order chi connectivity index (χ0) is 13.8. The van der Waals surface area contributed by atoms with Crippen molar-refractivity contribution < 1.29 is 4.74 Å². The Morgan fingerprint density at radius 3 is 2.33 bits per heavy atom. The summed E-state index contributed by atoms with van der Waals surface area (Å²) in [5.41, 5.74) is 0. The van der Waals surface area contributed by atoms with Gasteiger partial charge in [-0.3, -0.25) is 0 Å². The highest BCUT2D eigenvalue weighted by molar-refractivity contribution is 4.62. The van der Waals surface area contributed by atoms with E-state index in [2.05, 4.69) is 38.0 Å². The quantitative estimate of drug-likeness (QED) is 0.545. The molecule has 1 N–H and O–H groups in total. The van der Waals surface area contributed by atoms with Crippen LogP contribution in [-0.4, -0.2) is 51.3 Å². The molecule has 0 saturated carbocycles. The van der Waals surface area contributed by atoms with Gasteiger partial charge in [-0.2, -0.15) is 0 Å². The van der Waals surface area contributed by atoms with Gasteiger partial charge in [0, 0.05) is 13.2 Å². The molecule has 0 aromatic carbocycles. The maximum Gasteiger partial charge on any atom is 0.0615 e. The molecule has 0 rings (SSSR count). The molecule has 0 aromatic heterocycles. The Morgan fingerprint density at radius 2 is 1.72 bits per heavy atom. The van der Waals surface area contributed by atoms with Crippen LogP contribution in [0.15, 0.2) is 0 Å². The van der Waals surface area contributed by atoms with Gasteiger partial charge >= 0.3 is 0 Å². The Morgan fingerprint density at radius 1 is 1.06 bits per heavy atom. The second kappa shape index (κ2) is 11.9. The van der Waals surface area contributed by atoms with E-state index >= 15 is 0 Å². The van der Waals surface area contributed by atoms with Crippen LogP contribution in [-0.2, 0) is 4.74 Å². The van der Waals surface area contributed by atoms with Crippen LogP contribution in [0.4, 0.5) is 0 Å². The summed E-state index contributed by atoms with van der Waals surface area (Å²) in [6, 6.07) is 0.530. The molecule has 0 aromatic rings. The number of nitrogens with one attached hydrogen (secondary N) is 1. The van der Waals surface area contributed by atoms with Crippen LogP contribution < -0.4 is 5.32 Å². The monoisotopic (exact) mass is 258 g/mol. The van der Waals surface area contributed by atoms with Crippen LogP contribution >= 0.6 is 0 Å². The molecule has 0 spiro atoms. The Labute approximate surface area is 114 Å². The van der Waals surface area contributed by atoms with E-state index in [1.54, 1.807) is 7.11 Å². The average Bonchev–Trinajstić information content (AvgIpc) is 2.32. The van der Waals surface area contributed by atoms with Crippen molar-refractivity contribution >= 4 is 0 Å². The number of hydrogen-bond acceptors (Lipinski definition) is 3. The van der Waals surface area contributed by atoms with Crippen molar-refractivity contribution in [2.24, 2.45) is 5.92 Å². The second-order valence-electron chi connectivity index (χ2n) is 5.80. The van der Waals surface area contributed by atoms with E-state index in [1.807, 2.05) is 0 Å². The summed E-state index contributed by atoms with van der Waals surface area (Å²) in [6.45, 7) is 11.1. The van der Waals surface area contributed by atoms with Crippen molar-refractivity contribution in [1.82, 2.24) is 10.2 Å². The molecule has 0 radical (unpaired) electrons. The molecular formula is C15H34N2O. The van der Waals surface area contributed by atoms with Gasteiger partial charge in [0.2, 0.25) is 0 Å². The van der Waals surface area contributed by atoms with Crippen LogP contribution in [0.2, 0.25) is 0 Å². The SMILES string of the molecule is COCC(C)N(C)CCCCCCNCC(C)C. The highest BCUT2D eigenvalue weighted by Crippen LogP contribution is 2.03. The van der Waals surface area contributed by atoms with Crippen molar-refractivity contribution in [3.8, 4) is 0 Å². The maximum absolute atomic E-state index is 5.17. The lowest BCUT2D eigenvalue weighted by Crippen LogP contribution is -2.33. The van der Waals surface area contributed by atoms with E-state index in [0.29, 0.717) is 6.04 Å². The maximum atomic E-state index is 5.17. The van der Waals surface area contributed by atoms with Gasteiger partial charge in [0.1, 0.15) is 0 Å². The molecule has 110 valence electrons. The predicted molar refractivity (Wildman–Crippen MR) is 80.1 cm³/mol. The molecule has 3 nitrogen and oxygen atoms in total. The highest BCUT2D eigenvalue weighted by atomic mass is 16.5. The number of likely N-dealkylation sites (N-methyl/N-ethyl adjacent to an activating group) is 1. The summed E-state index contributed by atoms with van der Waals surface area (Å²) in [7, 11) is 3.96. The Hall–Kier alpha value is -0.120. The number of rotatable bonds is 12. The van der Waals surface area contributed by atoms with Gasteiger partial charge in [-0.15, -0.1) is 0 Å². The van der Waals surface area contributed by atoms with E-state index in [4.69, 9.17) is 4.74 Å². The molecule has 0 fully saturated rings.